The van der Waals surface area contributed by atoms with E-state index in [-0.39, 0.29) is 0 Å². The van der Waals surface area contributed by atoms with E-state index in [2.05, 4.69) is 33.9 Å². The second-order valence-electron chi connectivity index (χ2n) is 9.20. The molecule has 1 aliphatic rings. The summed E-state index contributed by atoms with van der Waals surface area (Å²) in [6.45, 7) is 4.45. The van der Waals surface area contributed by atoms with Gasteiger partial charge in [-0.25, -0.2) is 18.5 Å². The summed E-state index contributed by atoms with van der Waals surface area (Å²) in [5, 5.41) is 4.52. The normalized spacial score (nSPS) is 16.1. The Morgan fingerprint density at radius 3 is 2.56 bits per heavy atom. The highest BCUT2D eigenvalue weighted by Gasteiger charge is 2.23. The highest BCUT2D eigenvalue weighted by Crippen LogP contribution is 2.21. The third-order valence-corrected chi connectivity index (χ3v) is 7.52. The number of allylic oxidation sites excluding steroid dienone is 3. The number of anilines is 1. The van der Waals surface area contributed by atoms with Crippen LogP contribution >= 0.6 is 0 Å². The molecule has 2 aromatic rings. The molecule has 0 spiro atoms. The minimum Gasteiger partial charge on any atom is -0.443 e. The van der Waals surface area contributed by atoms with Gasteiger partial charge in [-0.05, 0) is 65.0 Å². The smallest absolute Gasteiger partial charge is 0.386 e. The average Bonchev–Trinajstić information content (AvgIpc) is 2.93. The molecule has 1 aromatic carbocycles. The first-order valence-corrected chi connectivity index (χ1v) is 14.1. The summed E-state index contributed by atoms with van der Waals surface area (Å²) in [4.78, 5) is 14.9. The van der Waals surface area contributed by atoms with Crippen LogP contribution in [0.4, 0.5) is 19.0 Å². The molecule has 1 atom stereocenters. The second-order valence-corrected chi connectivity index (χ2v) is 10.9. The quantitative estimate of drug-likeness (QED) is 0.259. The second kappa shape index (κ2) is 17.9. The minimum atomic E-state index is -2.80. The van der Waals surface area contributed by atoms with Crippen molar-refractivity contribution in [3.8, 4) is 0 Å². The van der Waals surface area contributed by atoms with E-state index in [0.717, 1.165) is 66.3 Å². The summed E-state index contributed by atoms with van der Waals surface area (Å²) in [5.41, 5.74) is 0.929. The Hall–Kier alpha value is -2.54. The predicted octanol–water partition coefficient (Wildman–Crippen LogP) is 4.80. The van der Waals surface area contributed by atoms with E-state index in [1.54, 1.807) is 0 Å². The van der Waals surface area contributed by atoms with Crippen molar-refractivity contribution in [2.24, 2.45) is 0 Å². The number of para-hydroxylation sites is 1. The number of piperazine rings is 1. The number of unbranched alkanes of at least 4 members (excludes halogenated alkanes) is 1. The molecule has 1 aliphatic heterocycles. The number of aromatic nitrogens is 2. The highest BCUT2D eigenvalue weighted by atomic mass is 32.2. The van der Waals surface area contributed by atoms with Gasteiger partial charge in [-0.2, -0.15) is 8.78 Å². The Labute approximate surface area is 232 Å². The molecule has 0 aliphatic carbocycles. The Morgan fingerprint density at radius 2 is 1.87 bits per heavy atom. The summed E-state index contributed by atoms with van der Waals surface area (Å²) in [7, 11) is 3.43. The number of halogens is 3. The zero-order valence-corrected chi connectivity index (χ0v) is 24.1. The number of benzene rings is 1. The molecule has 0 radical (unpaired) electrons. The van der Waals surface area contributed by atoms with Gasteiger partial charge in [0.15, 0.2) is 0 Å². The Balaban J connectivity index is 0.00000260. The van der Waals surface area contributed by atoms with Crippen molar-refractivity contribution < 1.29 is 22.1 Å². The van der Waals surface area contributed by atoms with E-state index >= 15 is 0 Å². The highest BCUT2D eigenvalue weighted by molar-refractivity contribution is 7.86. The van der Waals surface area contributed by atoms with Crippen molar-refractivity contribution in [3.63, 3.8) is 0 Å². The first-order valence-electron chi connectivity index (χ1n) is 13.0. The van der Waals surface area contributed by atoms with Crippen LogP contribution in [-0.2, 0) is 22.3 Å². The van der Waals surface area contributed by atoms with Gasteiger partial charge in [0.2, 0.25) is 0 Å². The number of fused-ring (bicyclic) bond motifs is 1. The van der Waals surface area contributed by atoms with Crippen molar-refractivity contribution in [1.82, 2.24) is 24.1 Å². The van der Waals surface area contributed by atoms with Gasteiger partial charge in [0.1, 0.15) is 22.6 Å². The molecule has 218 valence electrons. The first kappa shape index (κ1) is 32.7. The van der Waals surface area contributed by atoms with E-state index < -0.39 is 17.6 Å². The van der Waals surface area contributed by atoms with Gasteiger partial charge in [0.25, 0.3) is 0 Å². The molecule has 8 nitrogen and oxygen atoms in total. The average molecular weight is 571 g/mol. The van der Waals surface area contributed by atoms with E-state index in [1.165, 1.54) is 6.08 Å². The van der Waals surface area contributed by atoms with Crippen molar-refractivity contribution in [2.75, 3.05) is 65.9 Å². The van der Waals surface area contributed by atoms with Crippen LogP contribution < -0.4 is 5.32 Å². The fourth-order valence-electron chi connectivity index (χ4n) is 4.03. The molecule has 1 aromatic heterocycles. The molecule has 1 saturated heterocycles. The summed E-state index contributed by atoms with van der Waals surface area (Å²) in [6.07, 6.45) is 6.63. The lowest BCUT2D eigenvalue weighted by atomic mass is 10.2. The molecule has 12 heteroatoms. The van der Waals surface area contributed by atoms with Gasteiger partial charge in [-0.3, -0.25) is 9.29 Å². The summed E-state index contributed by atoms with van der Waals surface area (Å²) in [5.74, 6) is 1.65. The summed E-state index contributed by atoms with van der Waals surface area (Å²) in [6, 6.07) is 8.06. The third-order valence-electron chi connectivity index (χ3n) is 5.97. The van der Waals surface area contributed by atoms with Gasteiger partial charge >= 0.3 is 6.61 Å². The van der Waals surface area contributed by atoms with Crippen LogP contribution in [0.3, 0.4) is 0 Å². The van der Waals surface area contributed by atoms with Crippen LogP contribution in [-0.4, -0.2) is 95.4 Å². The number of hydrogen-bond acceptors (Lipinski definition) is 7. The molecule has 0 saturated carbocycles. The maximum atomic E-state index is 12.9. The molecule has 2 heterocycles. The Morgan fingerprint density at radius 1 is 1.15 bits per heavy atom. The lowest BCUT2D eigenvalue weighted by molar-refractivity contribution is -0.0831. The molecule has 1 fully saturated rings. The molecule has 3 rings (SSSR count). The van der Waals surface area contributed by atoms with Crippen LogP contribution in [0.15, 0.2) is 47.6 Å². The van der Waals surface area contributed by atoms with Crippen molar-refractivity contribution in [2.45, 2.75) is 39.3 Å². The molecule has 0 amide bonds. The van der Waals surface area contributed by atoms with E-state index in [1.807, 2.05) is 41.6 Å². The van der Waals surface area contributed by atoms with Crippen LogP contribution in [0.25, 0.3) is 10.9 Å². The number of hydrogen-bond donors (Lipinski definition) is 1. The van der Waals surface area contributed by atoms with E-state index in [9.17, 15) is 17.4 Å². The van der Waals surface area contributed by atoms with E-state index in [0.29, 0.717) is 39.7 Å². The van der Waals surface area contributed by atoms with Gasteiger partial charge in [-0.15, -0.1) is 0 Å². The molecular weight excluding hydrogens is 529 g/mol. The predicted molar refractivity (Wildman–Crippen MR) is 152 cm³/mol. The van der Waals surface area contributed by atoms with Crippen LogP contribution in [0.5, 0.6) is 0 Å². The zero-order valence-electron chi connectivity index (χ0n) is 23.3. The van der Waals surface area contributed by atoms with Gasteiger partial charge < -0.3 is 15.0 Å². The SMILES string of the molecule is C/C(=C\CC/C=C/OC(F)F)S(=O)N1CCN(Cc2nc(NCCCN(C)C)c3ccccc3n2)CC1.CF. The van der Waals surface area contributed by atoms with E-state index in [4.69, 9.17) is 9.97 Å². The Bertz CT molecular complexity index is 1080. The number of nitrogens with zero attached hydrogens (tertiary/aromatic N) is 5. The fourth-order valence-corrected chi connectivity index (χ4v) is 5.19. The molecule has 1 unspecified atom stereocenters. The third kappa shape index (κ3) is 11.6. The van der Waals surface area contributed by atoms with Crippen molar-refractivity contribution in [1.29, 1.82) is 0 Å². The van der Waals surface area contributed by atoms with Crippen LogP contribution in [0.2, 0.25) is 0 Å². The largest absolute Gasteiger partial charge is 0.443 e. The monoisotopic (exact) mass is 570 g/mol. The maximum Gasteiger partial charge on any atom is 0.386 e. The molecule has 1 N–H and O–H groups in total. The molecule has 39 heavy (non-hydrogen) atoms. The topological polar surface area (TPSA) is 73.8 Å². The molecular formula is C27H41F3N6O2S. The van der Waals surface area contributed by atoms with Crippen LogP contribution in [0, 0.1) is 0 Å². The number of alkyl halides is 3. The van der Waals surface area contributed by atoms with Gasteiger partial charge in [0.05, 0.1) is 25.5 Å². The lowest BCUT2D eigenvalue weighted by Crippen LogP contribution is -2.46. The number of ether oxygens (including phenoxy) is 1. The van der Waals surface area contributed by atoms with Gasteiger partial charge in [-0.1, -0.05) is 18.2 Å². The standard InChI is InChI=1S/C26H38F2N6O2S.CH3F/c1-21(10-5-4-8-19-36-26(27)28)37(35)34-17-15-33(16-18-34)20-24-30-23-12-7-6-11-22(23)25(31-24)29-13-9-14-32(2)3;1-2/h6-8,10-12,19,26H,4-5,9,13-18,20H2,1-3H3,(H,29,30,31);1H3/b19-8+,21-10+;. The fraction of sp³-hybridized carbons (Fsp3) is 0.556. The minimum absolute atomic E-state index is 0.500. The Kier molecular flexibility index (Phi) is 15.0. The van der Waals surface area contributed by atoms with Crippen LogP contribution in [0.1, 0.15) is 32.0 Å². The van der Waals surface area contributed by atoms with Gasteiger partial charge in [0, 0.05) is 43.0 Å². The molecule has 0 bridgehead atoms. The summed E-state index contributed by atoms with van der Waals surface area (Å²) >= 11 is 0. The summed E-state index contributed by atoms with van der Waals surface area (Å²) < 4.78 is 52.3. The zero-order chi connectivity index (χ0) is 28.6. The number of nitrogens with one attached hydrogen (secondary N) is 1. The van der Waals surface area contributed by atoms with Crippen molar-refractivity contribution >= 4 is 27.7 Å². The van der Waals surface area contributed by atoms with Crippen molar-refractivity contribution in [3.05, 3.63) is 53.4 Å². The maximum absolute atomic E-state index is 12.9. The first-order chi connectivity index (χ1) is 18.8. The number of rotatable bonds is 14. The lowest BCUT2D eigenvalue weighted by Gasteiger charge is -2.33.